The molecule has 0 bridgehead atoms. The molecule has 19 heavy (non-hydrogen) atoms. The van der Waals surface area contributed by atoms with Gasteiger partial charge in [-0.1, -0.05) is 18.2 Å². The van der Waals surface area contributed by atoms with Gasteiger partial charge in [-0.2, -0.15) is 5.10 Å². The minimum atomic E-state index is -0.252. The first-order chi connectivity index (χ1) is 9.27. The van der Waals surface area contributed by atoms with E-state index in [0.717, 1.165) is 37.1 Å². The zero-order valence-corrected chi connectivity index (χ0v) is 11.0. The van der Waals surface area contributed by atoms with Gasteiger partial charge in [0.25, 0.3) is 0 Å². The van der Waals surface area contributed by atoms with Crippen LogP contribution in [0.15, 0.2) is 30.5 Å². The number of benzene rings is 1. The average Bonchev–Trinajstić information content (AvgIpc) is 2.90. The van der Waals surface area contributed by atoms with E-state index in [2.05, 4.69) is 10.4 Å². The van der Waals surface area contributed by atoms with Gasteiger partial charge in [0.05, 0.1) is 11.7 Å². The number of aromatic nitrogens is 2. The largest absolute Gasteiger partial charge is 0.338 e. The number of piperazine rings is 1. The van der Waals surface area contributed by atoms with Gasteiger partial charge in [0.15, 0.2) is 0 Å². The fourth-order valence-electron chi connectivity index (χ4n) is 2.55. The molecule has 2 aromatic rings. The molecule has 0 saturated carbocycles. The number of nitrogens with one attached hydrogen (secondary N) is 1. The number of rotatable bonds is 2. The van der Waals surface area contributed by atoms with Crippen molar-refractivity contribution in [1.29, 1.82) is 0 Å². The van der Waals surface area contributed by atoms with E-state index in [0.29, 0.717) is 0 Å². The maximum atomic E-state index is 12.5. The molecular formula is C14H18N4O. The Morgan fingerprint density at radius 2 is 2.05 bits per heavy atom. The highest BCUT2D eigenvalue weighted by Crippen LogP contribution is 2.19. The maximum absolute atomic E-state index is 12.5. The van der Waals surface area contributed by atoms with Gasteiger partial charge in [0.1, 0.15) is 6.04 Å². The van der Waals surface area contributed by atoms with Gasteiger partial charge < -0.3 is 10.2 Å². The first kappa shape index (κ1) is 12.2. The van der Waals surface area contributed by atoms with Crippen LogP contribution in [0.1, 0.15) is 13.0 Å². The maximum Gasteiger partial charge on any atom is 0.247 e. The van der Waals surface area contributed by atoms with Crippen molar-refractivity contribution < 1.29 is 4.79 Å². The van der Waals surface area contributed by atoms with E-state index in [4.69, 9.17) is 0 Å². The Balaban J connectivity index is 1.86. The number of fused-ring (bicyclic) bond motifs is 1. The second-order valence-corrected chi connectivity index (χ2v) is 4.90. The summed E-state index contributed by atoms with van der Waals surface area (Å²) in [5, 5.41) is 8.69. The molecule has 1 unspecified atom stereocenters. The smallest absolute Gasteiger partial charge is 0.247 e. The van der Waals surface area contributed by atoms with E-state index in [1.165, 1.54) is 0 Å². The van der Waals surface area contributed by atoms with Crippen LogP contribution in [-0.2, 0) is 4.79 Å². The molecule has 1 amide bonds. The molecule has 1 aromatic carbocycles. The summed E-state index contributed by atoms with van der Waals surface area (Å²) in [7, 11) is 0. The second kappa shape index (κ2) is 5.01. The molecule has 0 radical (unpaired) electrons. The fraction of sp³-hybridized carbons (Fsp3) is 0.429. The van der Waals surface area contributed by atoms with Crippen LogP contribution in [0.5, 0.6) is 0 Å². The Bertz CT molecular complexity index is 586. The third kappa shape index (κ3) is 2.21. The van der Waals surface area contributed by atoms with Gasteiger partial charge in [0, 0.05) is 31.6 Å². The molecule has 3 rings (SSSR count). The summed E-state index contributed by atoms with van der Waals surface area (Å²) in [4.78, 5) is 14.4. The third-order valence-corrected chi connectivity index (χ3v) is 3.66. The molecule has 1 aliphatic heterocycles. The van der Waals surface area contributed by atoms with Crippen LogP contribution < -0.4 is 5.32 Å². The van der Waals surface area contributed by atoms with Crippen molar-refractivity contribution in [1.82, 2.24) is 20.0 Å². The van der Waals surface area contributed by atoms with Crippen molar-refractivity contribution >= 4 is 16.8 Å². The minimum absolute atomic E-state index is 0.148. The summed E-state index contributed by atoms with van der Waals surface area (Å²) >= 11 is 0. The molecule has 5 heteroatoms. The first-order valence-corrected chi connectivity index (χ1v) is 6.69. The highest BCUT2D eigenvalue weighted by Gasteiger charge is 2.24. The highest BCUT2D eigenvalue weighted by molar-refractivity contribution is 5.84. The lowest BCUT2D eigenvalue weighted by atomic mass is 10.2. The Labute approximate surface area is 112 Å². The minimum Gasteiger partial charge on any atom is -0.338 e. The Kier molecular flexibility index (Phi) is 3.21. The Hall–Kier alpha value is -1.88. The van der Waals surface area contributed by atoms with Crippen LogP contribution >= 0.6 is 0 Å². The van der Waals surface area contributed by atoms with Crippen LogP contribution in [0.3, 0.4) is 0 Å². The van der Waals surface area contributed by atoms with E-state index in [-0.39, 0.29) is 11.9 Å². The predicted molar refractivity (Wildman–Crippen MR) is 73.9 cm³/mol. The predicted octanol–water partition coefficient (Wildman–Crippen LogP) is 1.03. The average molecular weight is 258 g/mol. The number of hydrogen-bond donors (Lipinski definition) is 1. The van der Waals surface area contributed by atoms with Gasteiger partial charge in [0.2, 0.25) is 5.91 Å². The second-order valence-electron chi connectivity index (χ2n) is 4.90. The molecule has 1 N–H and O–H groups in total. The summed E-state index contributed by atoms with van der Waals surface area (Å²) in [6.45, 7) is 5.23. The third-order valence-electron chi connectivity index (χ3n) is 3.66. The molecule has 5 nitrogen and oxygen atoms in total. The van der Waals surface area contributed by atoms with Crippen LogP contribution in [0.4, 0.5) is 0 Å². The van der Waals surface area contributed by atoms with Crippen molar-refractivity contribution in [3.05, 3.63) is 30.5 Å². The van der Waals surface area contributed by atoms with Crippen molar-refractivity contribution in [2.24, 2.45) is 0 Å². The van der Waals surface area contributed by atoms with Gasteiger partial charge in [-0.15, -0.1) is 0 Å². The summed E-state index contributed by atoms with van der Waals surface area (Å²) in [5.74, 6) is 0.148. The van der Waals surface area contributed by atoms with E-state index < -0.39 is 0 Å². The number of para-hydroxylation sites is 1. The number of carbonyl (C=O) groups is 1. The topological polar surface area (TPSA) is 50.2 Å². The van der Waals surface area contributed by atoms with Gasteiger partial charge in [-0.05, 0) is 13.0 Å². The first-order valence-electron chi connectivity index (χ1n) is 6.69. The molecule has 1 atom stereocenters. The monoisotopic (exact) mass is 258 g/mol. The van der Waals surface area contributed by atoms with Crippen LogP contribution in [0.2, 0.25) is 0 Å². The zero-order valence-electron chi connectivity index (χ0n) is 11.0. The van der Waals surface area contributed by atoms with Crippen LogP contribution in [0.25, 0.3) is 10.9 Å². The fourth-order valence-corrected chi connectivity index (χ4v) is 2.55. The summed E-state index contributed by atoms with van der Waals surface area (Å²) in [5.41, 5.74) is 1.01. The quantitative estimate of drug-likeness (QED) is 0.875. The van der Waals surface area contributed by atoms with Crippen molar-refractivity contribution in [3.63, 3.8) is 0 Å². The Morgan fingerprint density at radius 3 is 2.84 bits per heavy atom. The van der Waals surface area contributed by atoms with Crippen LogP contribution in [-0.4, -0.2) is 46.8 Å². The lowest BCUT2D eigenvalue weighted by Gasteiger charge is -2.30. The van der Waals surface area contributed by atoms with Gasteiger partial charge in [-0.25, -0.2) is 0 Å². The number of carbonyl (C=O) groups excluding carboxylic acids is 1. The lowest BCUT2D eigenvalue weighted by Crippen LogP contribution is -2.48. The van der Waals surface area contributed by atoms with E-state index in [1.54, 1.807) is 0 Å². The number of hydrogen-bond acceptors (Lipinski definition) is 3. The molecule has 1 aliphatic rings. The Morgan fingerprint density at radius 1 is 1.32 bits per heavy atom. The number of nitrogens with zero attached hydrogens (tertiary/aromatic N) is 3. The van der Waals surface area contributed by atoms with Gasteiger partial charge in [-0.3, -0.25) is 9.48 Å². The molecule has 1 saturated heterocycles. The normalized spacial score (nSPS) is 17.6. The van der Waals surface area contributed by atoms with Gasteiger partial charge >= 0.3 is 0 Å². The molecule has 1 aromatic heterocycles. The molecule has 0 spiro atoms. The lowest BCUT2D eigenvalue weighted by molar-refractivity contribution is -0.135. The van der Waals surface area contributed by atoms with Crippen molar-refractivity contribution in [2.45, 2.75) is 13.0 Å². The summed E-state index contributed by atoms with van der Waals surface area (Å²) < 4.78 is 1.82. The highest BCUT2D eigenvalue weighted by atomic mass is 16.2. The van der Waals surface area contributed by atoms with E-state index >= 15 is 0 Å². The van der Waals surface area contributed by atoms with Crippen LogP contribution in [0, 0.1) is 0 Å². The van der Waals surface area contributed by atoms with Crippen molar-refractivity contribution in [2.75, 3.05) is 26.2 Å². The summed E-state index contributed by atoms with van der Waals surface area (Å²) in [6.07, 6.45) is 1.82. The summed E-state index contributed by atoms with van der Waals surface area (Å²) in [6, 6.07) is 7.72. The zero-order chi connectivity index (χ0) is 13.2. The number of amides is 1. The molecule has 1 fully saturated rings. The molecule has 2 heterocycles. The molecule has 100 valence electrons. The molecular weight excluding hydrogens is 240 g/mol. The van der Waals surface area contributed by atoms with Crippen molar-refractivity contribution in [3.8, 4) is 0 Å². The van der Waals surface area contributed by atoms with E-state index in [1.807, 2.05) is 47.0 Å². The standard InChI is InChI=1S/C14H18N4O/c1-11(14(19)17-8-6-15-7-9-17)18-13-5-3-2-4-12(13)10-16-18/h2-5,10-11,15H,6-9H2,1H3. The molecule has 0 aliphatic carbocycles. The van der Waals surface area contributed by atoms with E-state index in [9.17, 15) is 4.79 Å². The SMILES string of the molecule is CC(C(=O)N1CCNCC1)n1ncc2ccccc21.